The van der Waals surface area contributed by atoms with E-state index in [1.54, 1.807) is 0 Å². The van der Waals surface area contributed by atoms with Gasteiger partial charge in [0.05, 0.1) is 16.9 Å². The summed E-state index contributed by atoms with van der Waals surface area (Å²) in [5.41, 5.74) is 8.29. The number of hydrogen-bond donors (Lipinski definition) is 1. The van der Waals surface area contributed by atoms with Gasteiger partial charge in [0.2, 0.25) is 5.91 Å². The Morgan fingerprint density at radius 3 is 2.89 bits per heavy atom. The fourth-order valence-electron chi connectivity index (χ4n) is 2.27. The van der Waals surface area contributed by atoms with Gasteiger partial charge in [0.25, 0.3) is 0 Å². The zero-order valence-corrected chi connectivity index (χ0v) is 11.2. The quantitative estimate of drug-likeness (QED) is 0.864. The minimum absolute atomic E-state index is 0.0388. The molecule has 0 bridgehead atoms. The molecule has 0 spiro atoms. The van der Waals surface area contributed by atoms with Crippen LogP contribution in [0, 0.1) is 6.92 Å². The number of aromatic nitrogens is 2. The Kier molecular flexibility index (Phi) is 3.57. The Labute approximate surface area is 111 Å². The number of hydrogen-bond acceptors (Lipinski definition) is 2. The van der Waals surface area contributed by atoms with Gasteiger partial charge in [0.1, 0.15) is 5.82 Å². The zero-order valence-electron chi connectivity index (χ0n) is 10.5. The van der Waals surface area contributed by atoms with Crippen LogP contribution in [0.25, 0.3) is 11.0 Å². The molecular formula is C13H16ClN3O. The number of primary amides is 1. The van der Waals surface area contributed by atoms with Crippen LogP contribution in [0.15, 0.2) is 18.2 Å². The average Bonchev–Trinajstić information content (AvgIpc) is 2.68. The van der Waals surface area contributed by atoms with E-state index in [1.807, 2.05) is 36.6 Å². The molecule has 0 saturated heterocycles. The van der Waals surface area contributed by atoms with E-state index in [2.05, 4.69) is 4.98 Å². The molecule has 0 saturated carbocycles. The number of imidazole rings is 1. The summed E-state index contributed by atoms with van der Waals surface area (Å²) in [5, 5.41) is 0. The van der Waals surface area contributed by atoms with E-state index in [9.17, 15) is 4.79 Å². The van der Waals surface area contributed by atoms with Crippen molar-refractivity contribution >= 4 is 28.5 Å². The summed E-state index contributed by atoms with van der Waals surface area (Å²) in [4.78, 5) is 15.6. The Balaban J connectivity index is 2.60. The lowest BCUT2D eigenvalue weighted by atomic mass is 10.2. The van der Waals surface area contributed by atoms with Crippen molar-refractivity contribution in [1.29, 1.82) is 0 Å². The number of amides is 1. The Morgan fingerprint density at radius 2 is 2.28 bits per heavy atom. The molecule has 18 heavy (non-hydrogen) atoms. The van der Waals surface area contributed by atoms with Gasteiger partial charge in [-0.1, -0.05) is 12.1 Å². The summed E-state index contributed by atoms with van der Waals surface area (Å²) >= 11 is 5.94. The predicted molar refractivity (Wildman–Crippen MR) is 72.5 cm³/mol. The Morgan fingerprint density at radius 1 is 1.56 bits per heavy atom. The maximum Gasteiger partial charge on any atom is 0.219 e. The first kappa shape index (κ1) is 12.9. The lowest BCUT2D eigenvalue weighted by Gasteiger charge is -2.15. The van der Waals surface area contributed by atoms with Gasteiger partial charge in [0, 0.05) is 12.5 Å². The molecule has 1 amide bonds. The smallest absolute Gasteiger partial charge is 0.219 e. The van der Waals surface area contributed by atoms with Crippen molar-refractivity contribution in [2.24, 2.45) is 5.73 Å². The average molecular weight is 266 g/mol. The van der Waals surface area contributed by atoms with Gasteiger partial charge in [-0.15, -0.1) is 11.6 Å². The van der Waals surface area contributed by atoms with E-state index >= 15 is 0 Å². The summed E-state index contributed by atoms with van der Waals surface area (Å²) in [7, 11) is 0. The number of alkyl halides is 1. The zero-order chi connectivity index (χ0) is 13.3. The Bertz CT molecular complexity index is 591. The maximum absolute atomic E-state index is 11.1. The first-order valence-electron chi connectivity index (χ1n) is 5.85. The molecule has 4 nitrogen and oxygen atoms in total. The fourth-order valence-corrected chi connectivity index (χ4v) is 2.46. The van der Waals surface area contributed by atoms with Crippen molar-refractivity contribution in [3.05, 3.63) is 29.6 Å². The number of fused-ring (bicyclic) bond motifs is 1. The summed E-state index contributed by atoms with van der Waals surface area (Å²) in [6, 6.07) is 5.94. The third-order valence-corrected chi connectivity index (χ3v) is 3.29. The summed E-state index contributed by atoms with van der Waals surface area (Å²) in [5.74, 6) is 0.768. The number of para-hydroxylation sites is 1. The predicted octanol–water partition coefficient (Wildman–Crippen LogP) is 2.52. The molecule has 1 atom stereocenters. The SMILES string of the molecule is Cc1cccc2c1nc(CCl)n2C(C)CC(N)=O. The molecule has 0 aliphatic heterocycles. The van der Waals surface area contributed by atoms with Crippen molar-refractivity contribution in [3.63, 3.8) is 0 Å². The molecule has 0 aliphatic carbocycles. The normalized spacial score (nSPS) is 12.8. The molecule has 0 aliphatic rings. The second kappa shape index (κ2) is 4.98. The second-order valence-electron chi connectivity index (χ2n) is 4.49. The van der Waals surface area contributed by atoms with Crippen LogP contribution in [-0.2, 0) is 10.7 Å². The molecule has 2 rings (SSSR count). The van der Waals surface area contributed by atoms with Crippen molar-refractivity contribution < 1.29 is 4.79 Å². The fraction of sp³-hybridized carbons (Fsp3) is 0.385. The van der Waals surface area contributed by atoms with E-state index in [-0.39, 0.29) is 18.4 Å². The highest BCUT2D eigenvalue weighted by atomic mass is 35.5. The van der Waals surface area contributed by atoms with Crippen molar-refractivity contribution in [2.75, 3.05) is 0 Å². The number of halogens is 1. The highest BCUT2D eigenvalue weighted by Gasteiger charge is 2.17. The third-order valence-electron chi connectivity index (χ3n) is 3.05. The van der Waals surface area contributed by atoms with E-state index in [1.165, 1.54) is 0 Å². The first-order chi connectivity index (χ1) is 8.54. The molecule has 1 aromatic heterocycles. The summed E-state index contributed by atoms with van der Waals surface area (Å²) in [6.45, 7) is 3.96. The standard InChI is InChI=1S/C13H16ClN3O/c1-8-4-3-5-10-13(8)16-12(7-14)17(10)9(2)6-11(15)18/h3-5,9H,6-7H2,1-2H3,(H2,15,18). The van der Waals surface area contributed by atoms with Crippen molar-refractivity contribution in [2.45, 2.75) is 32.2 Å². The highest BCUT2D eigenvalue weighted by Crippen LogP contribution is 2.25. The van der Waals surface area contributed by atoms with E-state index in [0.29, 0.717) is 5.88 Å². The summed E-state index contributed by atoms with van der Waals surface area (Å²) in [6.07, 6.45) is 0.281. The molecular weight excluding hydrogens is 250 g/mol. The van der Waals surface area contributed by atoms with Gasteiger partial charge in [-0.3, -0.25) is 4.79 Å². The van der Waals surface area contributed by atoms with E-state index in [4.69, 9.17) is 17.3 Å². The lowest BCUT2D eigenvalue weighted by Crippen LogP contribution is -2.18. The number of nitrogens with zero attached hydrogens (tertiary/aromatic N) is 2. The van der Waals surface area contributed by atoms with Gasteiger partial charge in [-0.25, -0.2) is 4.98 Å². The molecule has 0 fully saturated rings. The molecule has 2 N–H and O–H groups in total. The van der Waals surface area contributed by atoms with Gasteiger partial charge >= 0.3 is 0 Å². The Hall–Kier alpha value is -1.55. The molecule has 1 unspecified atom stereocenters. The van der Waals surface area contributed by atoms with Crippen LogP contribution in [-0.4, -0.2) is 15.5 Å². The monoisotopic (exact) mass is 265 g/mol. The maximum atomic E-state index is 11.1. The van der Waals surface area contributed by atoms with Crippen LogP contribution in [0.1, 0.15) is 30.8 Å². The van der Waals surface area contributed by atoms with Gasteiger partial charge in [-0.2, -0.15) is 0 Å². The number of rotatable bonds is 4. The third kappa shape index (κ3) is 2.20. The molecule has 96 valence electrons. The van der Waals surface area contributed by atoms with Crippen LogP contribution < -0.4 is 5.73 Å². The molecule has 0 radical (unpaired) electrons. The lowest BCUT2D eigenvalue weighted by molar-refractivity contribution is -0.118. The van der Waals surface area contributed by atoms with Crippen molar-refractivity contribution in [3.8, 4) is 0 Å². The van der Waals surface area contributed by atoms with Gasteiger partial charge in [-0.05, 0) is 25.5 Å². The summed E-state index contributed by atoms with van der Waals surface area (Å²) < 4.78 is 2.00. The van der Waals surface area contributed by atoms with E-state index in [0.717, 1.165) is 22.4 Å². The van der Waals surface area contributed by atoms with Crippen LogP contribution in [0.5, 0.6) is 0 Å². The largest absolute Gasteiger partial charge is 0.370 e. The van der Waals surface area contributed by atoms with Crippen LogP contribution in [0.3, 0.4) is 0 Å². The second-order valence-corrected chi connectivity index (χ2v) is 4.76. The van der Waals surface area contributed by atoms with Crippen LogP contribution >= 0.6 is 11.6 Å². The minimum Gasteiger partial charge on any atom is -0.370 e. The number of carbonyl (C=O) groups is 1. The van der Waals surface area contributed by atoms with Crippen LogP contribution in [0.2, 0.25) is 0 Å². The molecule has 2 aromatic rings. The molecule has 1 heterocycles. The van der Waals surface area contributed by atoms with Gasteiger partial charge < -0.3 is 10.3 Å². The minimum atomic E-state index is -0.322. The number of carbonyl (C=O) groups excluding carboxylic acids is 1. The number of nitrogens with two attached hydrogens (primary N) is 1. The first-order valence-corrected chi connectivity index (χ1v) is 6.38. The number of benzene rings is 1. The number of aryl methyl sites for hydroxylation is 1. The molecule has 5 heteroatoms. The molecule has 1 aromatic carbocycles. The topological polar surface area (TPSA) is 60.9 Å². The highest BCUT2D eigenvalue weighted by molar-refractivity contribution is 6.16. The van der Waals surface area contributed by atoms with Crippen LogP contribution in [0.4, 0.5) is 0 Å². The van der Waals surface area contributed by atoms with Gasteiger partial charge in [0.15, 0.2) is 0 Å². The van der Waals surface area contributed by atoms with Crippen molar-refractivity contribution in [1.82, 2.24) is 9.55 Å². The van der Waals surface area contributed by atoms with E-state index < -0.39 is 0 Å².